The van der Waals surface area contributed by atoms with E-state index >= 15 is 0 Å². The average Bonchev–Trinajstić information content (AvgIpc) is 3.42. The Morgan fingerprint density at radius 3 is 2.45 bits per heavy atom. The molecule has 0 radical (unpaired) electrons. The predicted molar refractivity (Wildman–Crippen MR) is 114 cm³/mol. The first-order valence-corrected chi connectivity index (χ1v) is 10.6. The van der Waals surface area contributed by atoms with Crippen molar-refractivity contribution >= 4 is 17.7 Å². The van der Waals surface area contributed by atoms with Gasteiger partial charge in [-0.15, -0.1) is 10.2 Å². The molecule has 0 aliphatic carbocycles. The average molecular weight is 409 g/mol. The van der Waals surface area contributed by atoms with Crippen LogP contribution >= 0.6 is 11.8 Å². The summed E-state index contributed by atoms with van der Waals surface area (Å²) in [5.74, 6) is 1.60. The van der Waals surface area contributed by atoms with E-state index < -0.39 is 0 Å². The van der Waals surface area contributed by atoms with Crippen LogP contribution < -0.4 is 4.74 Å². The largest absolute Gasteiger partial charge is 0.496 e. The van der Waals surface area contributed by atoms with E-state index in [0.29, 0.717) is 11.0 Å². The highest BCUT2D eigenvalue weighted by atomic mass is 32.2. The second-order valence-electron chi connectivity index (χ2n) is 7.01. The van der Waals surface area contributed by atoms with Crippen LogP contribution in [-0.2, 0) is 11.8 Å². The first-order chi connectivity index (χ1) is 14.2. The molecule has 1 aromatic heterocycles. The number of ether oxygens (including phenoxy) is 1. The van der Waals surface area contributed by atoms with Crippen LogP contribution in [-0.4, -0.2) is 45.8 Å². The Hall–Kier alpha value is -2.80. The summed E-state index contributed by atoms with van der Waals surface area (Å²) in [5, 5.41) is 9.13. The van der Waals surface area contributed by atoms with E-state index in [1.165, 1.54) is 11.8 Å². The molecule has 0 spiro atoms. The lowest BCUT2D eigenvalue weighted by Gasteiger charge is -2.22. The molecule has 29 heavy (non-hydrogen) atoms. The molecular weight excluding hydrogens is 384 g/mol. The number of hydrogen-bond acceptors (Lipinski definition) is 5. The summed E-state index contributed by atoms with van der Waals surface area (Å²) in [4.78, 5) is 15.2. The molecule has 2 aromatic carbocycles. The summed E-state index contributed by atoms with van der Waals surface area (Å²) in [6.45, 7) is 1.65. The summed E-state index contributed by atoms with van der Waals surface area (Å²) in [6.07, 6.45) is 2.14. The van der Waals surface area contributed by atoms with Crippen LogP contribution in [0.1, 0.15) is 23.7 Å². The van der Waals surface area contributed by atoms with Gasteiger partial charge in [0.2, 0.25) is 5.91 Å². The number of rotatable bonds is 6. The number of amides is 1. The van der Waals surface area contributed by atoms with E-state index in [-0.39, 0.29) is 11.2 Å². The summed E-state index contributed by atoms with van der Waals surface area (Å²) in [7, 11) is 3.57. The first-order valence-electron chi connectivity index (χ1n) is 9.72. The third-order valence-electron chi connectivity index (χ3n) is 5.15. The summed E-state index contributed by atoms with van der Waals surface area (Å²) in [5.41, 5.74) is 1.86. The molecule has 6 nitrogen and oxygen atoms in total. The smallest absolute Gasteiger partial charge is 0.240 e. The van der Waals surface area contributed by atoms with Gasteiger partial charge in [0.25, 0.3) is 0 Å². The molecule has 1 atom stereocenters. The highest BCUT2D eigenvalue weighted by molar-refractivity contribution is 8.00. The Balaban J connectivity index is 1.66. The van der Waals surface area contributed by atoms with Crippen molar-refractivity contribution in [1.29, 1.82) is 0 Å². The van der Waals surface area contributed by atoms with E-state index in [4.69, 9.17) is 4.74 Å². The molecule has 0 N–H and O–H groups in total. The molecule has 0 saturated carbocycles. The third kappa shape index (κ3) is 4.00. The molecule has 0 bridgehead atoms. The Bertz CT molecular complexity index is 983. The molecule has 1 fully saturated rings. The van der Waals surface area contributed by atoms with E-state index in [2.05, 4.69) is 10.2 Å². The maximum Gasteiger partial charge on any atom is 0.240 e. The van der Waals surface area contributed by atoms with Crippen molar-refractivity contribution < 1.29 is 9.53 Å². The summed E-state index contributed by atoms with van der Waals surface area (Å²) < 4.78 is 7.40. The van der Waals surface area contributed by atoms with Crippen molar-refractivity contribution in [2.45, 2.75) is 23.2 Å². The van der Waals surface area contributed by atoms with E-state index in [1.807, 2.05) is 71.1 Å². The third-order valence-corrected chi connectivity index (χ3v) is 6.43. The van der Waals surface area contributed by atoms with Gasteiger partial charge in [0.15, 0.2) is 11.0 Å². The Morgan fingerprint density at radius 1 is 1.03 bits per heavy atom. The van der Waals surface area contributed by atoms with E-state index in [0.717, 1.165) is 42.8 Å². The van der Waals surface area contributed by atoms with Crippen molar-refractivity contribution in [3.63, 3.8) is 0 Å². The predicted octanol–water partition coefficient (Wildman–Crippen LogP) is 3.95. The second kappa shape index (κ2) is 8.69. The zero-order chi connectivity index (χ0) is 20.2. The summed E-state index contributed by atoms with van der Waals surface area (Å²) >= 11 is 1.45. The number of carbonyl (C=O) groups excluding carboxylic acids is 1. The number of aromatic nitrogens is 3. The Kier molecular flexibility index (Phi) is 5.85. The molecule has 1 saturated heterocycles. The van der Waals surface area contributed by atoms with Crippen LogP contribution in [0.3, 0.4) is 0 Å². The fraction of sp³-hybridized carbons (Fsp3) is 0.318. The second-order valence-corrected chi connectivity index (χ2v) is 8.08. The van der Waals surface area contributed by atoms with E-state index in [9.17, 15) is 4.79 Å². The minimum absolute atomic E-state index is 0.139. The molecule has 150 valence electrons. The number of likely N-dealkylation sites (tertiary alicyclic amines) is 1. The number of hydrogen-bond donors (Lipinski definition) is 0. The molecular formula is C22H24N4O2S. The number of thioether (sulfide) groups is 1. The van der Waals surface area contributed by atoms with Crippen LogP contribution in [0, 0.1) is 0 Å². The van der Waals surface area contributed by atoms with Crippen molar-refractivity contribution in [2.75, 3.05) is 20.2 Å². The lowest BCUT2D eigenvalue weighted by Crippen LogP contribution is -2.31. The van der Waals surface area contributed by atoms with Gasteiger partial charge >= 0.3 is 0 Å². The molecule has 1 aliphatic heterocycles. The van der Waals surface area contributed by atoms with Gasteiger partial charge in [0.1, 0.15) is 11.0 Å². The van der Waals surface area contributed by atoms with Crippen molar-refractivity contribution in [1.82, 2.24) is 19.7 Å². The number of methoxy groups -OCH3 is 1. The Labute approximate surface area is 174 Å². The van der Waals surface area contributed by atoms with Gasteiger partial charge in [-0.3, -0.25) is 4.79 Å². The van der Waals surface area contributed by atoms with E-state index in [1.54, 1.807) is 7.11 Å². The normalized spacial score (nSPS) is 14.8. The molecule has 4 rings (SSSR count). The standard InChI is InChI=1S/C22H24N4O2S/c1-25-20(17-12-6-7-13-18(17)28-2)23-24-22(25)29-19(16-10-4-3-5-11-16)21(27)26-14-8-9-15-26/h3-7,10-13,19H,8-9,14-15H2,1-2H3/t19-/m1/s1. The lowest BCUT2D eigenvalue weighted by atomic mass is 10.1. The zero-order valence-corrected chi connectivity index (χ0v) is 17.4. The maximum absolute atomic E-state index is 13.3. The highest BCUT2D eigenvalue weighted by Crippen LogP contribution is 2.38. The van der Waals surface area contributed by atoms with Gasteiger partial charge in [0.05, 0.1) is 12.7 Å². The van der Waals surface area contributed by atoms with Crippen molar-refractivity contribution in [2.24, 2.45) is 7.05 Å². The quantitative estimate of drug-likeness (QED) is 0.578. The van der Waals surface area contributed by atoms with Crippen molar-refractivity contribution in [3.8, 4) is 17.1 Å². The van der Waals surface area contributed by atoms with Gasteiger partial charge in [-0.2, -0.15) is 0 Å². The SMILES string of the molecule is COc1ccccc1-c1nnc(S[C@@H](C(=O)N2CCCC2)c2ccccc2)n1C. The number of nitrogens with zero attached hydrogens (tertiary/aromatic N) is 4. The number of carbonyl (C=O) groups is 1. The highest BCUT2D eigenvalue weighted by Gasteiger charge is 2.30. The van der Waals surface area contributed by atoms with Gasteiger partial charge in [-0.1, -0.05) is 54.2 Å². The lowest BCUT2D eigenvalue weighted by molar-refractivity contribution is -0.129. The van der Waals surface area contributed by atoms with Crippen LogP contribution in [0.25, 0.3) is 11.4 Å². The zero-order valence-electron chi connectivity index (χ0n) is 16.6. The number of para-hydroxylation sites is 1. The maximum atomic E-state index is 13.3. The molecule has 1 amide bonds. The minimum Gasteiger partial charge on any atom is -0.496 e. The molecule has 3 aromatic rings. The fourth-order valence-corrected chi connectivity index (χ4v) is 4.67. The van der Waals surface area contributed by atoms with Gasteiger partial charge in [-0.05, 0) is 30.5 Å². The molecule has 7 heteroatoms. The fourth-order valence-electron chi connectivity index (χ4n) is 3.58. The topological polar surface area (TPSA) is 60.3 Å². The number of benzene rings is 2. The van der Waals surface area contributed by atoms with Crippen molar-refractivity contribution in [3.05, 3.63) is 60.2 Å². The van der Waals surface area contributed by atoms with Crippen LogP contribution in [0.15, 0.2) is 59.8 Å². The molecule has 2 heterocycles. The molecule has 0 unspecified atom stereocenters. The summed E-state index contributed by atoms with van der Waals surface area (Å²) in [6, 6.07) is 17.6. The first kappa shape index (κ1) is 19.5. The van der Waals surface area contributed by atoms with Crippen LogP contribution in [0.2, 0.25) is 0 Å². The van der Waals surface area contributed by atoms with Gasteiger partial charge in [-0.25, -0.2) is 0 Å². The van der Waals surface area contributed by atoms with Crippen LogP contribution in [0.5, 0.6) is 5.75 Å². The van der Waals surface area contributed by atoms with Gasteiger partial charge in [0, 0.05) is 20.1 Å². The van der Waals surface area contributed by atoms with Gasteiger partial charge < -0.3 is 14.2 Å². The molecule has 1 aliphatic rings. The van der Waals surface area contributed by atoms with Crippen LogP contribution in [0.4, 0.5) is 0 Å². The minimum atomic E-state index is -0.345. The Morgan fingerprint density at radius 2 is 1.72 bits per heavy atom. The monoisotopic (exact) mass is 408 g/mol.